The first kappa shape index (κ1) is 18.0. The van der Waals surface area contributed by atoms with Crippen LogP contribution in [-0.2, 0) is 4.74 Å². The lowest BCUT2D eigenvalue weighted by atomic mass is 9.75. The van der Waals surface area contributed by atoms with Gasteiger partial charge in [-0.1, -0.05) is 77.2 Å². The highest BCUT2D eigenvalue weighted by atomic mass is 16.5. The Kier molecular flexibility index (Phi) is 8.59. The van der Waals surface area contributed by atoms with Crippen LogP contribution in [0.5, 0.6) is 0 Å². The molecular weight excluding hydrogens is 268 g/mol. The van der Waals surface area contributed by atoms with Crippen LogP contribution in [-0.4, -0.2) is 13.2 Å². The van der Waals surface area contributed by atoms with E-state index in [1.807, 2.05) is 6.08 Å². The molecule has 0 heterocycles. The number of hydrogen-bond donors (Lipinski definition) is 0. The van der Waals surface area contributed by atoms with E-state index in [1.54, 1.807) is 0 Å². The highest BCUT2D eigenvalue weighted by Gasteiger charge is 2.24. The number of hydrogen-bond acceptors (Lipinski definition) is 1. The Balaban J connectivity index is 1.53. The van der Waals surface area contributed by atoms with Crippen LogP contribution < -0.4 is 0 Å². The summed E-state index contributed by atoms with van der Waals surface area (Å²) in [5.41, 5.74) is 0. The predicted octanol–water partition coefficient (Wildman–Crippen LogP) is 6.38. The van der Waals surface area contributed by atoms with Gasteiger partial charge in [0.25, 0.3) is 0 Å². The zero-order valence-corrected chi connectivity index (χ0v) is 14.9. The molecule has 0 bridgehead atoms. The second-order valence-corrected chi connectivity index (χ2v) is 7.97. The van der Waals surface area contributed by atoms with E-state index >= 15 is 0 Å². The third kappa shape index (κ3) is 6.44. The van der Waals surface area contributed by atoms with Gasteiger partial charge in [-0.15, -0.1) is 6.58 Å². The van der Waals surface area contributed by atoms with Gasteiger partial charge in [0, 0.05) is 6.61 Å². The van der Waals surface area contributed by atoms with Crippen LogP contribution in [0.1, 0.15) is 84.0 Å². The fourth-order valence-corrected chi connectivity index (χ4v) is 4.69. The molecule has 0 radical (unpaired) electrons. The lowest BCUT2D eigenvalue weighted by molar-refractivity contribution is 0.0936. The Hall–Kier alpha value is -0.300. The highest BCUT2D eigenvalue weighted by molar-refractivity contribution is 4.77. The fraction of sp³-hybridized carbons (Fsp3) is 0.905. The summed E-state index contributed by atoms with van der Waals surface area (Å²) in [6.07, 6.45) is 19.5. The minimum Gasteiger partial charge on any atom is -0.377 e. The lowest BCUT2D eigenvalue weighted by Crippen LogP contribution is -2.20. The minimum absolute atomic E-state index is 0.723. The van der Waals surface area contributed by atoms with Crippen LogP contribution in [0.25, 0.3) is 0 Å². The molecule has 0 aromatic carbocycles. The Labute approximate surface area is 138 Å². The standard InChI is InChI=1S/C21H38O/c1-3-5-18-6-8-19(9-7-18)10-11-20-12-14-21(15-13-20)17-22-16-4-2/h4,18-21H,2-3,5-17H2,1H3. The van der Waals surface area contributed by atoms with Gasteiger partial charge in [0.05, 0.1) is 6.61 Å². The predicted molar refractivity (Wildman–Crippen MR) is 96.1 cm³/mol. The van der Waals surface area contributed by atoms with Crippen molar-refractivity contribution in [3.63, 3.8) is 0 Å². The van der Waals surface area contributed by atoms with Crippen LogP contribution in [0.3, 0.4) is 0 Å². The molecule has 0 N–H and O–H groups in total. The molecule has 0 spiro atoms. The van der Waals surface area contributed by atoms with Gasteiger partial charge in [-0.2, -0.15) is 0 Å². The maximum absolute atomic E-state index is 5.62. The Morgan fingerprint density at radius 2 is 1.23 bits per heavy atom. The average molecular weight is 307 g/mol. The smallest absolute Gasteiger partial charge is 0.0644 e. The maximum atomic E-state index is 5.62. The van der Waals surface area contributed by atoms with Crippen LogP contribution in [0.4, 0.5) is 0 Å². The molecule has 0 saturated heterocycles. The van der Waals surface area contributed by atoms with Gasteiger partial charge in [-0.05, 0) is 36.5 Å². The number of rotatable bonds is 9. The summed E-state index contributed by atoms with van der Waals surface area (Å²) < 4.78 is 5.62. The SMILES string of the molecule is C=CCOCC1CCC(CCC2CCC(CCC)CC2)CC1. The van der Waals surface area contributed by atoms with Crippen molar-refractivity contribution in [3.8, 4) is 0 Å². The molecular formula is C21H38O. The molecule has 0 unspecified atom stereocenters. The third-order valence-electron chi connectivity index (χ3n) is 6.20. The quantitative estimate of drug-likeness (QED) is 0.354. The second kappa shape index (κ2) is 10.5. The fourth-order valence-electron chi connectivity index (χ4n) is 4.69. The summed E-state index contributed by atoms with van der Waals surface area (Å²) in [6, 6.07) is 0. The van der Waals surface area contributed by atoms with Crippen molar-refractivity contribution >= 4 is 0 Å². The van der Waals surface area contributed by atoms with Gasteiger partial charge in [-0.25, -0.2) is 0 Å². The summed E-state index contributed by atoms with van der Waals surface area (Å²) in [6.45, 7) is 7.73. The van der Waals surface area contributed by atoms with E-state index in [2.05, 4.69) is 13.5 Å². The largest absolute Gasteiger partial charge is 0.377 e. The van der Waals surface area contributed by atoms with Gasteiger partial charge in [0.2, 0.25) is 0 Å². The van der Waals surface area contributed by atoms with Crippen LogP contribution in [0.15, 0.2) is 12.7 Å². The lowest BCUT2D eigenvalue weighted by Gasteiger charge is -2.32. The summed E-state index contributed by atoms with van der Waals surface area (Å²) in [5.74, 6) is 3.96. The molecule has 2 aliphatic carbocycles. The van der Waals surface area contributed by atoms with Crippen molar-refractivity contribution in [2.45, 2.75) is 84.0 Å². The molecule has 128 valence electrons. The summed E-state index contributed by atoms with van der Waals surface area (Å²) >= 11 is 0. The van der Waals surface area contributed by atoms with Crippen molar-refractivity contribution in [3.05, 3.63) is 12.7 Å². The average Bonchev–Trinajstić information content (AvgIpc) is 2.56. The van der Waals surface area contributed by atoms with Crippen LogP contribution in [0.2, 0.25) is 0 Å². The van der Waals surface area contributed by atoms with E-state index in [0.717, 1.165) is 36.9 Å². The van der Waals surface area contributed by atoms with Gasteiger partial charge >= 0.3 is 0 Å². The zero-order valence-electron chi connectivity index (χ0n) is 14.9. The summed E-state index contributed by atoms with van der Waals surface area (Å²) in [7, 11) is 0. The topological polar surface area (TPSA) is 9.23 Å². The van der Waals surface area contributed by atoms with E-state index in [-0.39, 0.29) is 0 Å². The van der Waals surface area contributed by atoms with E-state index in [9.17, 15) is 0 Å². The first-order chi connectivity index (χ1) is 10.8. The molecule has 1 heteroatoms. The molecule has 1 nitrogen and oxygen atoms in total. The maximum Gasteiger partial charge on any atom is 0.0644 e. The van der Waals surface area contributed by atoms with Gasteiger partial charge in [0.1, 0.15) is 0 Å². The highest BCUT2D eigenvalue weighted by Crippen LogP contribution is 2.37. The molecule has 2 fully saturated rings. The first-order valence-electron chi connectivity index (χ1n) is 10.00. The van der Waals surface area contributed by atoms with Crippen LogP contribution in [0, 0.1) is 23.7 Å². The van der Waals surface area contributed by atoms with E-state index in [1.165, 1.54) is 77.0 Å². The molecule has 0 atom stereocenters. The molecule has 22 heavy (non-hydrogen) atoms. The van der Waals surface area contributed by atoms with Crippen LogP contribution >= 0.6 is 0 Å². The van der Waals surface area contributed by atoms with Gasteiger partial charge < -0.3 is 4.74 Å². The van der Waals surface area contributed by atoms with E-state index in [0.29, 0.717) is 0 Å². The van der Waals surface area contributed by atoms with Crippen molar-refractivity contribution < 1.29 is 4.74 Å². The minimum atomic E-state index is 0.723. The Morgan fingerprint density at radius 1 is 0.773 bits per heavy atom. The molecule has 0 aromatic heterocycles. The van der Waals surface area contributed by atoms with Crippen molar-refractivity contribution in [1.82, 2.24) is 0 Å². The Morgan fingerprint density at radius 3 is 1.68 bits per heavy atom. The van der Waals surface area contributed by atoms with Gasteiger partial charge in [-0.3, -0.25) is 0 Å². The number of ether oxygens (including phenoxy) is 1. The van der Waals surface area contributed by atoms with Gasteiger partial charge in [0.15, 0.2) is 0 Å². The van der Waals surface area contributed by atoms with Crippen molar-refractivity contribution in [1.29, 1.82) is 0 Å². The third-order valence-corrected chi connectivity index (χ3v) is 6.20. The molecule has 2 rings (SSSR count). The summed E-state index contributed by atoms with van der Waals surface area (Å²) in [5, 5.41) is 0. The molecule has 2 aliphatic rings. The Bertz CT molecular complexity index is 282. The zero-order chi connectivity index (χ0) is 15.6. The molecule has 2 saturated carbocycles. The second-order valence-electron chi connectivity index (χ2n) is 7.97. The first-order valence-corrected chi connectivity index (χ1v) is 10.00. The monoisotopic (exact) mass is 306 g/mol. The normalized spacial score (nSPS) is 32.8. The van der Waals surface area contributed by atoms with E-state index in [4.69, 9.17) is 4.74 Å². The van der Waals surface area contributed by atoms with E-state index < -0.39 is 0 Å². The molecule has 0 aromatic rings. The van der Waals surface area contributed by atoms with Crippen molar-refractivity contribution in [2.75, 3.05) is 13.2 Å². The summed E-state index contributed by atoms with van der Waals surface area (Å²) in [4.78, 5) is 0. The molecule has 0 aliphatic heterocycles. The van der Waals surface area contributed by atoms with Crippen molar-refractivity contribution in [2.24, 2.45) is 23.7 Å². The molecule has 0 amide bonds.